The molecule has 1 N–H and O–H groups in total. The van der Waals surface area contributed by atoms with Gasteiger partial charge in [-0.05, 0) is 38.1 Å². The molecule has 0 bridgehead atoms. The van der Waals surface area contributed by atoms with Crippen molar-refractivity contribution in [3.05, 3.63) is 41.3 Å². The molecule has 1 atom stereocenters. The van der Waals surface area contributed by atoms with Gasteiger partial charge in [-0.25, -0.2) is 0 Å². The van der Waals surface area contributed by atoms with Gasteiger partial charge in [0, 0.05) is 44.8 Å². The Labute approximate surface area is 160 Å². The number of aromatic nitrogens is 1. The molecule has 1 aliphatic heterocycles. The Morgan fingerprint density at radius 1 is 1.07 bits per heavy atom. The lowest BCUT2D eigenvalue weighted by Gasteiger charge is -2.35. The predicted molar refractivity (Wildman–Crippen MR) is 102 cm³/mol. The van der Waals surface area contributed by atoms with Gasteiger partial charge in [-0.15, -0.1) is 0 Å². The summed E-state index contributed by atoms with van der Waals surface area (Å²) in [6, 6.07) is 7.39. The molecule has 0 radical (unpaired) electrons. The summed E-state index contributed by atoms with van der Waals surface area (Å²) >= 11 is 0. The highest BCUT2D eigenvalue weighted by atomic mass is 16.5. The monoisotopic (exact) mass is 375 g/mol. The number of methoxy groups -OCH3 is 1. The highest BCUT2D eigenvalue weighted by Crippen LogP contribution is 2.18. The summed E-state index contributed by atoms with van der Waals surface area (Å²) in [6.45, 7) is 9.53. The molecule has 1 aromatic carbocycles. The van der Waals surface area contributed by atoms with Crippen LogP contribution < -0.4 is 9.47 Å². The van der Waals surface area contributed by atoms with E-state index in [-0.39, 0.29) is 6.61 Å². The summed E-state index contributed by atoms with van der Waals surface area (Å²) in [5, 5.41) is 14.3. The Hall–Kier alpha value is -2.09. The zero-order valence-corrected chi connectivity index (χ0v) is 16.4. The standard InChI is InChI=1S/C20H29N3O4/c1-15-20(16(2)27-21-15)13-23-10-8-22(9-11-23)12-17(24)14-26-19-6-4-18(25-3)5-7-19/h4-7,17,24H,8-14H2,1-3H3/t17-/m1/s1. The number of hydrogen-bond acceptors (Lipinski definition) is 7. The second kappa shape index (κ2) is 9.21. The van der Waals surface area contributed by atoms with Gasteiger partial charge >= 0.3 is 0 Å². The zero-order valence-electron chi connectivity index (χ0n) is 16.4. The van der Waals surface area contributed by atoms with E-state index in [9.17, 15) is 5.11 Å². The minimum Gasteiger partial charge on any atom is -0.497 e. The normalized spacial score (nSPS) is 17.0. The van der Waals surface area contributed by atoms with Crippen molar-refractivity contribution in [2.45, 2.75) is 26.5 Å². The number of nitrogens with zero attached hydrogens (tertiary/aromatic N) is 3. The van der Waals surface area contributed by atoms with Gasteiger partial charge in [0.25, 0.3) is 0 Å². The largest absolute Gasteiger partial charge is 0.497 e. The van der Waals surface area contributed by atoms with E-state index in [4.69, 9.17) is 14.0 Å². The molecule has 0 aliphatic carbocycles. The van der Waals surface area contributed by atoms with E-state index in [1.54, 1.807) is 7.11 Å². The highest BCUT2D eigenvalue weighted by Gasteiger charge is 2.21. The van der Waals surface area contributed by atoms with Gasteiger partial charge in [0.15, 0.2) is 0 Å². The first kappa shape index (κ1) is 19.7. The molecule has 2 heterocycles. The lowest BCUT2D eigenvalue weighted by molar-refractivity contribution is 0.0445. The summed E-state index contributed by atoms with van der Waals surface area (Å²) in [6.07, 6.45) is -0.513. The number of aliphatic hydroxyl groups is 1. The van der Waals surface area contributed by atoms with Crippen LogP contribution >= 0.6 is 0 Å². The average Bonchev–Trinajstić information content (AvgIpc) is 3.00. The molecule has 1 saturated heterocycles. The third-order valence-electron chi connectivity index (χ3n) is 5.00. The summed E-state index contributed by atoms with van der Waals surface area (Å²) < 4.78 is 16.0. The van der Waals surface area contributed by atoms with E-state index >= 15 is 0 Å². The van der Waals surface area contributed by atoms with Crippen molar-refractivity contribution in [3.63, 3.8) is 0 Å². The predicted octanol–water partition coefficient (Wildman–Crippen LogP) is 1.86. The van der Waals surface area contributed by atoms with Crippen molar-refractivity contribution in [1.29, 1.82) is 0 Å². The Morgan fingerprint density at radius 3 is 2.30 bits per heavy atom. The number of hydrogen-bond donors (Lipinski definition) is 1. The summed E-state index contributed by atoms with van der Waals surface area (Å²) in [7, 11) is 1.63. The average molecular weight is 375 g/mol. The van der Waals surface area contributed by atoms with Gasteiger partial charge in [-0.2, -0.15) is 0 Å². The molecule has 7 nitrogen and oxygen atoms in total. The molecule has 27 heavy (non-hydrogen) atoms. The molecular formula is C20H29N3O4. The fourth-order valence-corrected chi connectivity index (χ4v) is 3.30. The Balaban J connectivity index is 1.38. The maximum atomic E-state index is 10.3. The molecule has 0 amide bonds. The van der Waals surface area contributed by atoms with Crippen LogP contribution in [0.3, 0.4) is 0 Å². The van der Waals surface area contributed by atoms with Crippen molar-refractivity contribution >= 4 is 0 Å². The lowest BCUT2D eigenvalue weighted by atomic mass is 10.1. The summed E-state index contributed by atoms with van der Waals surface area (Å²) in [5.74, 6) is 2.43. The van der Waals surface area contributed by atoms with Crippen LogP contribution in [0.5, 0.6) is 11.5 Å². The van der Waals surface area contributed by atoms with Crippen molar-refractivity contribution in [3.8, 4) is 11.5 Å². The quantitative estimate of drug-likeness (QED) is 0.755. The molecule has 3 rings (SSSR count). The molecule has 7 heteroatoms. The van der Waals surface area contributed by atoms with Crippen LogP contribution in [-0.2, 0) is 6.54 Å². The van der Waals surface area contributed by atoms with E-state index in [0.29, 0.717) is 6.54 Å². The fourth-order valence-electron chi connectivity index (χ4n) is 3.30. The van der Waals surface area contributed by atoms with Crippen LogP contribution in [-0.4, -0.2) is 72.6 Å². The maximum absolute atomic E-state index is 10.3. The number of aryl methyl sites for hydroxylation is 2. The molecule has 0 spiro atoms. The minimum absolute atomic E-state index is 0.283. The zero-order chi connectivity index (χ0) is 19.2. The first-order valence-corrected chi connectivity index (χ1v) is 9.36. The van der Waals surface area contributed by atoms with Crippen LogP contribution in [0, 0.1) is 13.8 Å². The van der Waals surface area contributed by atoms with Gasteiger partial charge in [0.2, 0.25) is 0 Å². The van der Waals surface area contributed by atoms with Gasteiger partial charge in [0.05, 0.1) is 12.8 Å². The van der Waals surface area contributed by atoms with Gasteiger partial charge in [-0.3, -0.25) is 9.80 Å². The third kappa shape index (κ3) is 5.45. The van der Waals surface area contributed by atoms with E-state index < -0.39 is 6.10 Å². The molecular weight excluding hydrogens is 346 g/mol. The SMILES string of the molecule is COc1ccc(OC[C@H](O)CN2CCN(Cc3c(C)noc3C)CC2)cc1. The third-order valence-corrected chi connectivity index (χ3v) is 5.00. The molecule has 2 aromatic rings. The second-order valence-electron chi connectivity index (χ2n) is 7.02. The number of ether oxygens (including phenoxy) is 2. The molecule has 1 aromatic heterocycles. The van der Waals surface area contributed by atoms with Gasteiger partial charge in [-0.1, -0.05) is 5.16 Å². The number of β-amino-alcohol motifs (C(OH)–C–C–N with tert-alkyl or cyclic N) is 1. The first-order valence-electron chi connectivity index (χ1n) is 9.36. The Bertz CT molecular complexity index is 689. The second-order valence-corrected chi connectivity index (χ2v) is 7.02. The molecule has 0 unspecified atom stereocenters. The maximum Gasteiger partial charge on any atom is 0.138 e. The van der Waals surface area contributed by atoms with Crippen molar-refractivity contribution in [2.75, 3.05) is 46.4 Å². The van der Waals surface area contributed by atoms with Gasteiger partial charge < -0.3 is 19.1 Å². The van der Waals surface area contributed by atoms with Crippen molar-refractivity contribution in [1.82, 2.24) is 15.0 Å². The Morgan fingerprint density at radius 2 is 1.70 bits per heavy atom. The van der Waals surface area contributed by atoms with Crippen LogP contribution in [0.1, 0.15) is 17.0 Å². The van der Waals surface area contributed by atoms with Crippen molar-refractivity contribution < 1.29 is 19.1 Å². The number of benzene rings is 1. The Kier molecular flexibility index (Phi) is 6.71. The van der Waals surface area contributed by atoms with E-state index in [1.807, 2.05) is 38.1 Å². The van der Waals surface area contributed by atoms with E-state index in [0.717, 1.165) is 55.7 Å². The topological polar surface area (TPSA) is 71.2 Å². The fraction of sp³-hybridized carbons (Fsp3) is 0.550. The first-order chi connectivity index (χ1) is 13.0. The molecule has 0 saturated carbocycles. The van der Waals surface area contributed by atoms with Crippen LogP contribution in [0.25, 0.3) is 0 Å². The van der Waals surface area contributed by atoms with Crippen LogP contribution in [0.15, 0.2) is 28.8 Å². The smallest absolute Gasteiger partial charge is 0.138 e. The molecule has 148 valence electrons. The summed E-state index contributed by atoms with van der Waals surface area (Å²) in [5.41, 5.74) is 2.16. The van der Waals surface area contributed by atoms with E-state index in [2.05, 4.69) is 15.0 Å². The lowest BCUT2D eigenvalue weighted by Crippen LogP contribution is -2.48. The van der Waals surface area contributed by atoms with Crippen LogP contribution in [0.4, 0.5) is 0 Å². The molecule has 1 fully saturated rings. The highest BCUT2D eigenvalue weighted by molar-refractivity contribution is 5.31. The molecule has 1 aliphatic rings. The minimum atomic E-state index is -0.513. The number of aliphatic hydroxyl groups excluding tert-OH is 1. The number of rotatable bonds is 8. The van der Waals surface area contributed by atoms with Crippen LogP contribution in [0.2, 0.25) is 0 Å². The summed E-state index contributed by atoms with van der Waals surface area (Å²) in [4.78, 5) is 4.69. The number of piperazine rings is 1. The van der Waals surface area contributed by atoms with Gasteiger partial charge in [0.1, 0.15) is 30.0 Å². The van der Waals surface area contributed by atoms with E-state index in [1.165, 1.54) is 5.56 Å². The van der Waals surface area contributed by atoms with Crippen molar-refractivity contribution in [2.24, 2.45) is 0 Å².